The number of nitriles is 1. The second kappa shape index (κ2) is 9.84. The van der Waals surface area contributed by atoms with Crippen LogP contribution in [0, 0.1) is 16.7 Å². The van der Waals surface area contributed by atoms with E-state index in [4.69, 9.17) is 20.2 Å². The molecule has 2 aromatic rings. The zero-order chi connectivity index (χ0) is 27.0. The van der Waals surface area contributed by atoms with Crippen LogP contribution in [0.3, 0.4) is 0 Å². The SMILES string of the molecule is CC1(C)CC=C(c2nc(C3CC(C)(C)OC(C)(C(=O)OO)C3)ccc2CC(=O)c2ncc(C#N)[nH]2)CC1. The van der Waals surface area contributed by atoms with Gasteiger partial charge in [-0.15, -0.1) is 0 Å². The Morgan fingerprint density at radius 3 is 2.62 bits per heavy atom. The third kappa shape index (κ3) is 5.81. The van der Waals surface area contributed by atoms with Gasteiger partial charge in [-0.2, -0.15) is 10.5 Å². The highest BCUT2D eigenvalue weighted by Crippen LogP contribution is 2.45. The first kappa shape index (κ1) is 26.7. The summed E-state index contributed by atoms with van der Waals surface area (Å²) in [5, 5.41) is 18.1. The average Bonchev–Trinajstić information content (AvgIpc) is 3.32. The number of ketones is 1. The molecule has 2 N–H and O–H groups in total. The minimum atomic E-state index is -1.32. The molecule has 0 saturated carbocycles. The highest BCUT2D eigenvalue weighted by atomic mass is 17.1. The Morgan fingerprint density at radius 2 is 2.00 bits per heavy atom. The van der Waals surface area contributed by atoms with Gasteiger partial charge in [0.1, 0.15) is 11.8 Å². The number of allylic oxidation sites excluding steroid dienone is 2. The molecule has 0 spiro atoms. The minimum Gasteiger partial charge on any atom is -0.358 e. The van der Waals surface area contributed by atoms with Gasteiger partial charge < -0.3 is 9.72 Å². The molecule has 4 rings (SSSR count). The second-order valence-corrected chi connectivity index (χ2v) is 11.8. The molecule has 1 aliphatic heterocycles. The number of imidazole rings is 1. The lowest BCUT2D eigenvalue weighted by molar-refractivity contribution is -0.269. The summed E-state index contributed by atoms with van der Waals surface area (Å²) in [6.07, 6.45) is 7.35. The van der Waals surface area contributed by atoms with Crippen molar-refractivity contribution >= 4 is 17.3 Å². The first-order chi connectivity index (χ1) is 17.3. The van der Waals surface area contributed by atoms with E-state index in [9.17, 15) is 9.59 Å². The fourth-order valence-corrected chi connectivity index (χ4v) is 5.48. The van der Waals surface area contributed by atoms with Crippen LogP contribution >= 0.6 is 0 Å². The van der Waals surface area contributed by atoms with Crippen LogP contribution in [0.15, 0.2) is 24.4 Å². The molecule has 1 fully saturated rings. The van der Waals surface area contributed by atoms with E-state index < -0.39 is 17.2 Å². The second-order valence-electron chi connectivity index (χ2n) is 11.8. The standard InChI is InChI=1S/C28H34N4O5/c1-26(2)10-8-17(9-11-26)23-18(12-22(33)24-30-16-20(15-29)31-24)6-7-21(32-23)19-13-27(3,4)37-28(5,14-19)25(34)36-35/h6-8,16,19,35H,9-14H2,1-5H3,(H,30,31). The first-order valence-corrected chi connectivity index (χ1v) is 12.6. The van der Waals surface area contributed by atoms with Crippen LogP contribution in [-0.2, 0) is 20.8 Å². The van der Waals surface area contributed by atoms with E-state index in [0.717, 1.165) is 41.8 Å². The molecule has 37 heavy (non-hydrogen) atoms. The van der Waals surface area contributed by atoms with Crippen molar-refractivity contribution in [2.75, 3.05) is 0 Å². The molecule has 2 aromatic heterocycles. The van der Waals surface area contributed by atoms with E-state index in [0.29, 0.717) is 12.8 Å². The molecule has 9 heteroatoms. The molecule has 2 atom stereocenters. The summed E-state index contributed by atoms with van der Waals surface area (Å²) in [5.41, 5.74) is 1.96. The number of carbonyl (C=O) groups is 2. The van der Waals surface area contributed by atoms with Gasteiger partial charge in [-0.25, -0.2) is 9.78 Å². The Labute approximate surface area is 216 Å². The molecule has 0 amide bonds. The Kier molecular flexibility index (Phi) is 7.10. The first-order valence-electron chi connectivity index (χ1n) is 12.6. The van der Waals surface area contributed by atoms with Gasteiger partial charge in [0, 0.05) is 18.0 Å². The molecule has 0 bridgehead atoms. The number of H-pyrrole nitrogens is 1. The number of rotatable bonds is 6. The van der Waals surface area contributed by atoms with E-state index in [2.05, 4.69) is 34.8 Å². The van der Waals surface area contributed by atoms with Crippen molar-refractivity contribution in [1.29, 1.82) is 5.26 Å². The van der Waals surface area contributed by atoms with Crippen LogP contribution in [-0.4, -0.2) is 43.2 Å². The monoisotopic (exact) mass is 506 g/mol. The van der Waals surface area contributed by atoms with Crippen molar-refractivity contribution < 1.29 is 24.5 Å². The Hall–Kier alpha value is -3.35. The van der Waals surface area contributed by atoms with Gasteiger partial charge in [0.25, 0.3) is 0 Å². The van der Waals surface area contributed by atoms with Gasteiger partial charge in [-0.3, -0.25) is 14.7 Å². The molecule has 2 aliphatic rings. The number of Topliss-reactive ketones (excluding diaryl/α,β-unsaturated/α-hetero) is 1. The normalized spacial score (nSPS) is 24.6. The lowest BCUT2D eigenvalue weighted by Gasteiger charge is -2.44. The Bertz CT molecular complexity index is 1290. The molecule has 0 aromatic carbocycles. The van der Waals surface area contributed by atoms with Crippen molar-refractivity contribution in [3.8, 4) is 6.07 Å². The van der Waals surface area contributed by atoms with Crippen molar-refractivity contribution in [3.05, 3.63) is 52.9 Å². The largest absolute Gasteiger partial charge is 0.373 e. The van der Waals surface area contributed by atoms with Gasteiger partial charge >= 0.3 is 5.97 Å². The molecular formula is C28H34N4O5. The van der Waals surface area contributed by atoms with Crippen LogP contribution in [0.1, 0.15) is 106 Å². The van der Waals surface area contributed by atoms with Gasteiger partial charge in [0.2, 0.25) is 5.78 Å². The predicted octanol–water partition coefficient (Wildman–Crippen LogP) is 5.14. The summed E-state index contributed by atoms with van der Waals surface area (Å²) < 4.78 is 6.02. The van der Waals surface area contributed by atoms with Crippen LogP contribution in [0.2, 0.25) is 0 Å². The number of aromatic amines is 1. The minimum absolute atomic E-state index is 0.0928. The molecule has 196 valence electrons. The average molecular weight is 507 g/mol. The number of aromatic nitrogens is 3. The Morgan fingerprint density at radius 1 is 1.24 bits per heavy atom. The van der Waals surface area contributed by atoms with Crippen LogP contribution in [0.4, 0.5) is 0 Å². The molecular weight excluding hydrogens is 472 g/mol. The number of hydrogen-bond donors (Lipinski definition) is 2. The maximum absolute atomic E-state index is 13.0. The fourth-order valence-electron chi connectivity index (χ4n) is 5.48. The highest BCUT2D eigenvalue weighted by molar-refractivity contribution is 5.95. The van der Waals surface area contributed by atoms with Crippen LogP contribution in [0.25, 0.3) is 5.57 Å². The number of carbonyl (C=O) groups excluding carboxylic acids is 2. The molecule has 9 nitrogen and oxygen atoms in total. The molecule has 0 radical (unpaired) electrons. The smallest absolute Gasteiger partial charge is 0.358 e. The van der Waals surface area contributed by atoms with Gasteiger partial charge in [0.15, 0.2) is 11.4 Å². The third-order valence-electron chi connectivity index (χ3n) is 7.40. The zero-order valence-corrected chi connectivity index (χ0v) is 22.1. The van der Waals surface area contributed by atoms with Crippen molar-refractivity contribution in [2.45, 2.75) is 90.3 Å². The number of pyridine rings is 1. The quantitative estimate of drug-likeness (QED) is 0.312. The van der Waals surface area contributed by atoms with Gasteiger partial charge in [0.05, 0.1) is 17.5 Å². The van der Waals surface area contributed by atoms with Crippen molar-refractivity contribution in [2.24, 2.45) is 5.41 Å². The number of ether oxygens (including phenoxy) is 1. The lowest BCUT2D eigenvalue weighted by Crippen LogP contribution is -2.51. The van der Waals surface area contributed by atoms with E-state index in [1.807, 2.05) is 32.0 Å². The lowest BCUT2D eigenvalue weighted by atomic mass is 9.76. The summed E-state index contributed by atoms with van der Waals surface area (Å²) in [6.45, 7) is 9.91. The number of nitrogens with one attached hydrogen (secondary N) is 1. The van der Waals surface area contributed by atoms with Crippen molar-refractivity contribution in [1.82, 2.24) is 15.0 Å². The molecule has 1 aliphatic carbocycles. The zero-order valence-electron chi connectivity index (χ0n) is 22.1. The highest BCUT2D eigenvalue weighted by Gasteiger charge is 2.49. The van der Waals surface area contributed by atoms with E-state index in [1.54, 1.807) is 6.92 Å². The summed E-state index contributed by atoms with van der Waals surface area (Å²) in [5.74, 6) is -1.03. The molecule has 3 heterocycles. The van der Waals surface area contributed by atoms with Crippen molar-refractivity contribution in [3.63, 3.8) is 0 Å². The van der Waals surface area contributed by atoms with Crippen LogP contribution < -0.4 is 0 Å². The van der Waals surface area contributed by atoms with E-state index >= 15 is 0 Å². The van der Waals surface area contributed by atoms with E-state index in [-0.39, 0.29) is 35.1 Å². The maximum Gasteiger partial charge on any atom is 0.373 e. The summed E-state index contributed by atoms with van der Waals surface area (Å²) in [4.78, 5) is 41.3. The summed E-state index contributed by atoms with van der Waals surface area (Å²) in [6, 6.07) is 5.78. The summed E-state index contributed by atoms with van der Waals surface area (Å²) >= 11 is 0. The fraction of sp³-hybridized carbons (Fsp3) is 0.536. The van der Waals surface area contributed by atoms with E-state index in [1.165, 1.54) is 6.20 Å². The maximum atomic E-state index is 13.0. The topological polar surface area (TPSA) is 138 Å². The van der Waals surface area contributed by atoms with Gasteiger partial charge in [-0.1, -0.05) is 26.0 Å². The molecule has 2 unspecified atom stereocenters. The molecule has 1 saturated heterocycles. The third-order valence-corrected chi connectivity index (χ3v) is 7.40. The predicted molar refractivity (Wildman–Crippen MR) is 135 cm³/mol. The van der Waals surface area contributed by atoms with Crippen LogP contribution in [0.5, 0.6) is 0 Å². The number of nitrogens with zero attached hydrogens (tertiary/aromatic N) is 3. The van der Waals surface area contributed by atoms with Gasteiger partial charge in [-0.05, 0) is 75.5 Å². The number of hydrogen-bond acceptors (Lipinski definition) is 8. The summed E-state index contributed by atoms with van der Waals surface area (Å²) in [7, 11) is 0. The Balaban J connectivity index is 1.71.